The molecule has 3 nitrogen and oxygen atoms in total. The SMILES string of the molecule is CC(C)c1ccccc1O[C@H](C)C(=O)N[C@H]1C[C@H]2CC[C@H]1C2. The molecule has 3 rings (SSSR count). The van der Waals surface area contributed by atoms with Crippen LogP contribution in [0.3, 0.4) is 0 Å². The predicted octanol–water partition coefficient (Wildman–Crippen LogP) is 3.88. The van der Waals surface area contributed by atoms with Gasteiger partial charge in [0.2, 0.25) is 0 Å². The van der Waals surface area contributed by atoms with Crippen LogP contribution in [0.5, 0.6) is 5.75 Å². The van der Waals surface area contributed by atoms with Crippen LogP contribution < -0.4 is 10.1 Å². The van der Waals surface area contributed by atoms with Gasteiger partial charge in [0.15, 0.2) is 6.10 Å². The van der Waals surface area contributed by atoms with Gasteiger partial charge in [-0.1, -0.05) is 38.5 Å². The molecule has 120 valence electrons. The first-order valence-corrected chi connectivity index (χ1v) is 8.60. The zero-order valence-corrected chi connectivity index (χ0v) is 13.8. The fourth-order valence-corrected chi connectivity index (χ4v) is 4.03. The smallest absolute Gasteiger partial charge is 0.261 e. The van der Waals surface area contributed by atoms with E-state index in [-0.39, 0.29) is 5.91 Å². The molecule has 0 aliphatic heterocycles. The molecule has 0 radical (unpaired) electrons. The molecule has 0 saturated heterocycles. The molecule has 0 aromatic heterocycles. The maximum Gasteiger partial charge on any atom is 0.261 e. The summed E-state index contributed by atoms with van der Waals surface area (Å²) in [7, 11) is 0. The van der Waals surface area contributed by atoms with Crippen molar-refractivity contribution in [3.05, 3.63) is 29.8 Å². The summed E-state index contributed by atoms with van der Waals surface area (Å²) in [6, 6.07) is 8.37. The topological polar surface area (TPSA) is 38.3 Å². The zero-order chi connectivity index (χ0) is 15.7. The van der Waals surface area contributed by atoms with Crippen molar-refractivity contribution in [2.45, 2.75) is 64.5 Å². The van der Waals surface area contributed by atoms with Gasteiger partial charge in [-0.25, -0.2) is 0 Å². The average molecular weight is 301 g/mol. The number of benzene rings is 1. The lowest BCUT2D eigenvalue weighted by atomic mass is 9.95. The van der Waals surface area contributed by atoms with Gasteiger partial charge in [-0.3, -0.25) is 4.79 Å². The van der Waals surface area contributed by atoms with Crippen molar-refractivity contribution in [3.63, 3.8) is 0 Å². The van der Waals surface area contributed by atoms with Crippen LogP contribution in [-0.4, -0.2) is 18.1 Å². The summed E-state index contributed by atoms with van der Waals surface area (Å²) >= 11 is 0. The minimum atomic E-state index is -0.445. The zero-order valence-electron chi connectivity index (χ0n) is 13.8. The first-order chi connectivity index (χ1) is 10.5. The van der Waals surface area contributed by atoms with Crippen LogP contribution in [0.15, 0.2) is 24.3 Å². The van der Waals surface area contributed by atoms with Gasteiger partial charge in [-0.15, -0.1) is 0 Å². The maximum absolute atomic E-state index is 12.4. The van der Waals surface area contributed by atoms with E-state index >= 15 is 0 Å². The summed E-state index contributed by atoms with van der Waals surface area (Å²) in [6.45, 7) is 6.13. The Labute approximate surface area is 133 Å². The highest BCUT2D eigenvalue weighted by Crippen LogP contribution is 2.44. The van der Waals surface area contributed by atoms with Crippen molar-refractivity contribution < 1.29 is 9.53 Å². The van der Waals surface area contributed by atoms with Gasteiger partial charge in [0, 0.05) is 6.04 Å². The third kappa shape index (κ3) is 3.13. The number of amides is 1. The van der Waals surface area contributed by atoms with E-state index in [4.69, 9.17) is 4.74 Å². The summed E-state index contributed by atoms with van der Waals surface area (Å²) in [5.41, 5.74) is 1.15. The number of rotatable bonds is 5. The molecule has 3 heteroatoms. The largest absolute Gasteiger partial charge is 0.481 e. The molecule has 0 unspecified atom stereocenters. The van der Waals surface area contributed by atoms with Crippen LogP contribution in [0, 0.1) is 11.8 Å². The number of hydrogen-bond acceptors (Lipinski definition) is 2. The fraction of sp³-hybridized carbons (Fsp3) is 0.632. The summed E-state index contributed by atoms with van der Waals surface area (Å²) in [6.07, 6.45) is 4.65. The molecular formula is C19H27NO2. The van der Waals surface area contributed by atoms with E-state index in [1.54, 1.807) is 0 Å². The van der Waals surface area contributed by atoms with Gasteiger partial charge in [0.05, 0.1) is 0 Å². The number of carbonyl (C=O) groups is 1. The molecule has 2 aliphatic carbocycles. The standard InChI is InChI=1S/C19H27NO2/c1-12(2)16-6-4-5-7-18(16)22-13(3)19(21)20-17-11-14-8-9-15(17)10-14/h4-7,12-15,17H,8-11H2,1-3H3,(H,20,21)/t13-,14+,15+,17+/m1/s1. The van der Waals surface area contributed by atoms with Crippen LogP contribution in [0.1, 0.15) is 57.9 Å². The van der Waals surface area contributed by atoms with Crippen LogP contribution in [0.4, 0.5) is 0 Å². The highest BCUT2D eigenvalue weighted by Gasteiger charge is 2.40. The number of fused-ring (bicyclic) bond motifs is 2. The lowest BCUT2D eigenvalue weighted by molar-refractivity contribution is -0.128. The van der Waals surface area contributed by atoms with Gasteiger partial charge in [0.1, 0.15) is 5.75 Å². The molecule has 1 aromatic carbocycles. The Kier molecular flexibility index (Phi) is 4.42. The van der Waals surface area contributed by atoms with Crippen molar-refractivity contribution in [3.8, 4) is 5.75 Å². The van der Waals surface area contributed by atoms with Crippen LogP contribution in [-0.2, 0) is 4.79 Å². The number of carbonyl (C=O) groups excluding carboxylic acids is 1. The van der Waals surface area contributed by atoms with Gasteiger partial charge in [0.25, 0.3) is 5.91 Å². The fourth-order valence-electron chi connectivity index (χ4n) is 4.03. The Morgan fingerprint density at radius 1 is 1.18 bits per heavy atom. The minimum Gasteiger partial charge on any atom is -0.481 e. The van der Waals surface area contributed by atoms with E-state index in [9.17, 15) is 4.79 Å². The Morgan fingerprint density at radius 3 is 2.59 bits per heavy atom. The number of para-hydroxylation sites is 1. The Bertz CT molecular complexity index is 540. The average Bonchev–Trinajstić information content (AvgIpc) is 3.10. The molecule has 4 atom stereocenters. The molecule has 1 aromatic rings. The van der Waals surface area contributed by atoms with E-state index in [0.717, 1.165) is 23.7 Å². The highest BCUT2D eigenvalue weighted by atomic mass is 16.5. The van der Waals surface area contributed by atoms with Gasteiger partial charge in [-0.2, -0.15) is 0 Å². The first-order valence-electron chi connectivity index (χ1n) is 8.60. The molecule has 2 saturated carbocycles. The number of hydrogen-bond donors (Lipinski definition) is 1. The Balaban J connectivity index is 1.60. The second kappa shape index (κ2) is 6.31. The van der Waals surface area contributed by atoms with E-state index in [2.05, 4.69) is 25.2 Å². The molecule has 2 bridgehead atoms. The normalized spacial score (nSPS) is 27.9. The van der Waals surface area contributed by atoms with Crippen LogP contribution in [0.25, 0.3) is 0 Å². The summed E-state index contributed by atoms with van der Waals surface area (Å²) in [5, 5.41) is 3.22. The Hall–Kier alpha value is -1.51. The summed E-state index contributed by atoms with van der Waals surface area (Å²) in [5.74, 6) is 2.78. The van der Waals surface area contributed by atoms with Crippen molar-refractivity contribution in [2.75, 3.05) is 0 Å². The first kappa shape index (κ1) is 15.4. The summed E-state index contributed by atoms with van der Waals surface area (Å²) in [4.78, 5) is 12.4. The third-order valence-corrected chi connectivity index (χ3v) is 5.28. The highest BCUT2D eigenvalue weighted by molar-refractivity contribution is 5.81. The van der Waals surface area contributed by atoms with Gasteiger partial charge in [-0.05, 0) is 55.6 Å². The van der Waals surface area contributed by atoms with Gasteiger partial charge < -0.3 is 10.1 Å². The van der Waals surface area contributed by atoms with Crippen molar-refractivity contribution in [2.24, 2.45) is 11.8 Å². The lowest BCUT2D eigenvalue weighted by Crippen LogP contribution is -2.44. The second-order valence-corrected chi connectivity index (χ2v) is 7.24. The van der Waals surface area contributed by atoms with E-state index < -0.39 is 6.10 Å². The minimum absolute atomic E-state index is 0.0242. The molecule has 0 heterocycles. The van der Waals surface area contributed by atoms with E-state index in [1.807, 2.05) is 25.1 Å². The number of ether oxygens (including phenoxy) is 1. The van der Waals surface area contributed by atoms with Crippen LogP contribution >= 0.6 is 0 Å². The van der Waals surface area contributed by atoms with Gasteiger partial charge >= 0.3 is 0 Å². The molecular weight excluding hydrogens is 274 g/mol. The molecule has 22 heavy (non-hydrogen) atoms. The van der Waals surface area contributed by atoms with Crippen molar-refractivity contribution >= 4 is 5.91 Å². The Morgan fingerprint density at radius 2 is 1.95 bits per heavy atom. The van der Waals surface area contributed by atoms with Crippen molar-refractivity contribution in [1.29, 1.82) is 0 Å². The second-order valence-electron chi connectivity index (χ2n) is 7.24. The lowest BCUT2D eigenvalue weighted by Gasteiger charge is -2.25. The third-order valence-electron chi connectivity index (χ3n) is 5.28. The van der Waals surface area contributed by atoms with Crippen molar-refractivity contribution in [1.82, 2.24) is 5.32 Å². The van der Waals surface area contributed by atoms with Crippen LogP contribution in [0.2, 0.25) is 0 Å². The van der Waals surface area contributed by atoms with E-state index in [0.29, 0.717) is 17.9 Å². The summed E-state index contributed by atoms with van der Waals surface area (Å²) < 4.78 is 5.95. The predicted molar refractivity (Wildman–Crippen MR) is 88.0 cm³/mol. The van der Waals surface area contributed by atoms with E-state index in [1.165, 1.54) is 19.3 Å². The molecule has 1 amide bonds. The monoisotopic (exact) mass is 301 g/mol. The quantitative estimate of drug-likeness (QED) is 0.896. The maximum atomic E-state index is 12.4. The molecule has 2 aliphatic rings. The molecule has 0 spiro atoms. The number of nitrogens with one attached hydrogen (secondary N) is 1. The molecule has 1 N–H and O–H groups in total. The molecule has 2 fully saturated rings.